The third-order valence-corrected chi connectivity index (χ3v) is 11.4. The van der Waals surface area contributed by atoms with Crippen molar-refractivity contribution >= 4 is 12.0 Å². The lowest BCUT2D eigenvalue weighted by molar-refractivity contribution is -0.155. The minimum absolute atomic E-state index is 0.0726. The Morgan fingerprint density at radius 3 is 2.17 bits per heavy atom. The van der Waals surface area contributed by atoms with E-state index >= 15 is 0 Å². The van der Waals surface area contributed by atoms with E-state index in [9.17, 15) is 9.59 Å². The van der Waals surface area contributed by atoms with Crippen LogP contribution in [0.25, 0.3) is 0 Å². The number of piperidine rings is 1. The van der Waals surface area contributed by atoms with Gasteiger partial charge in [-0.2, -0.15) is 0 Å². The second-order valence-corrected chi connectivity index (χ2v) is 15.8. The monoisotopic (exact) mass is 629 g/mol. The molecule has 2 aliphatic carbocycles. The van der Waals surface area contributed by atoms with Gasteiger partial charge in [-0.05, 0) is 118 Å². The average Bonchev–Trinajstić information content (AvgIpc) is 3.03. The number of nitrogens with zero attached hydrogens (tertiary/aromatic N) is 3. The van der Waals surface area contributed by atoms with Crippen LogP contribution in [0, 0.1) is 5.41 Å². The van der Waals surface area contributed by atoms with Crippen molar-refractivity contribution in [1.82, 2.24) is 14.7 Å². The normalized spacial score (nSPS) is 25.9. The van der Waals surface area contributed by atoms with Gasteiger partial charge in [0, 0.05) is 31.7 Å². The van der Waals surface area contributed by atoms with Crippen LogP contribution in [0.5, 0.6) is 5.75 Å². The number of piperazine rings is 1. The molecule has 2 amide bonds. The molecule has 1 unspecified atom stereocenters. The van der Waals surface area contributed by atoms with E-state index in [1.807, 2.05) is 25.7 Å². The Labute approximate surface area is 276 Å². The smallest absolute Gasteiger partial charge is 0.410 e. The molecule has 6 rings (SSSR count). The summed E-state index contributed by atoms with van der Waals surface area (Å²) < 4.78 is 11.0. The van der Waals surface area contributed by atoms with Crippen LogP contribution in [-0.2, 0) is 9.53 Å². The first-order chi connectivity index (χ1) is 21.9. The van der Waals surface area contributed by atoms with Gasteiger partial charge in [-0.15, -0.1) is 0 Å². The molecule has 2 aromatic carbocycles. The maximum absolute atomic E-state index is 14.2. The van der Waals surface area contributed by atoms with E-state index in [4.69, 9.17) is 9.47 Å². The Balaban J connectivity index is 1.14. The molecule has 2 aliphatic heterocycles. The topological polar surface area (TPSA) is 62.3 Å². The van der Waals surface area contributed by atoms with Crippen molar-refractivity contribution in [3.8, 4) is 5.75 Å². The van der Waals surface area contributed by atoms with Crippen molar-refractivity contribution in [2.45, 2.75) is 122 Å². The quantitative estimate of drug-likeness (QED) is 0.325. The lowest BCUT2D eigenvalue weighted by atomic mass is 9.59. The zero-order chi connectivity index (χ0) is 32.6. The number of benzene rings is 2. The molecule has 0 radical (unpaired) electrons. The number of carbonyl (C=O) groups is 2. The lowest BCUT2D eigenvalue weighted by Gasteiger charge is -2.58. The van der Waals surface area contributed by atoms with Crippen LogP contribution in [0.3, 0.4) is 0 Å². The Bertz CT molecular complexity index is 1360. The molecule has 4 fully saturated rings. The Morgan fingerprint density at radius 1 is 0.913 bits per heavy atom. The number of rotatable bonds is 6. The molecule has 0 bridgehead atoms. The largest absolute Gasteiger partial charge is 0.497 e. The molecule has 2 saturated carbocycles. The van der Waals surface area contributed by atoms with Crippen molar-refractivity contribution in [2.24, 2.45) is 5.41 Å². The summed E-state index contributed by atoms with van der Waals surface area (Å²) in [5.41, 5.74) is 3.83. The van der Waals surface area contributed by atoms with Crippen LogP contribution in [0.2, 0.25) is 0 Å². The molecular formula is C39H55N3O4. The molecule has 0 aromatic heterocycles. The van der Waals surface area contributed by atoms with Crippen molar-refractivity contribution in [3.63, 3.8) is 0 Å². The molecule has 7 nitrogen and oxygen atoms in total. The summed E-state index contributed by atoms with van der Waals surface area (Å²) in [5.74, 6) is 2.17. The highest BCUT2D eigenvalue weighted by atomic mass is 16.6. The standard InChI is InChI=1S/C39H55N3O4/c1-27(2)33-9-7-8-10-34(33)35-25-41(30-15-11-28(12-16-30)29-13-17-32(45-6)18-14-29)26-36(43)42(35)31-23-39(24-31)19-21-40(22-20-39)37(44)46-38(3,4)5/h7-10,13-14,17-18,27-28,30-31,35H,11-12,15-16,19-26H2,1-6H3. The first kappa shape index (κ1) is 32.9. The van der Waals surface area contributed by atoms with E-state index < -0.39 is 5.60 Å². The van der Waals surface area contributed by atoms with Gasteiger partial charge in [0.25, 0.3) is 0 Å². The fourth-order valence-corrected chi connectivity index (χ4v) is 8.81. The number of hydrogen-bond donors (Lipinski definition) is 0. The zero-order valence-corrected chi connectivity index (χ0v) is 29.0. The van der Waals surface area contributed by atoms with Gasteiger partial charge in [0.2, 0.25) is 5.91 Å². The molecule has 0 N–H and O–H groups in total. The van der Waals surface area contributed by atoms with Gasteiger partial charge in [0.15, 0.2) is 0 Å². The number of methoxy groups -OCH3 is 1. The van der Waals surface area contributed by atoms with E-state index in [0.717, 1.165) is 76.8 Å². The highest BCUT2D eigenvalue weighted by Gasteiger charge is 2.52. The summed E-state index contributed by atoms with van der Waals surface area (Å²) in [6, 6.07) is 18.2. The summed E-state index contributed by atoms with van der Waals surface area (Å²) >= 11 is 0. The summed E-state index contributed by atoms with van der Waals surface area (Å²) in [4.78, 5) is 33.6. The number of amides is 2. The van der Waals surface area contributed by atoms with Gasteiger partial charge in [-0.1, -0.05) is 50.2 Å². The van der Waals surface area contributed by atoms with E-state index in [1.54, 1.807) is 7.11 Å². The third kappa shape index (κ3) is 6.95. The van der Waals surface area contributed by atoms with E-state index in [2.05, 4.69) is 72.2 Å². The number of hydrogen-bond acceptors (Lipinski definition) is 5. The maximum Gasteiger partial charge on any atom is 0.410 e. The third-order valence-electron chi connectivity index (χ3n) is 11.4. The highest BCUT2D eigenvalue weighted by molar-refractivity contribution is 5.80. The predicted octanol–water partition coefficient (Wildman–Crippen LogP) is 7.91. The number of likely N-dealkylation sites (tertiary alicyclic amines) is 1. The molecule has 4 aliphatic rings. The van der Waals surface area contributed by atoms with Gasteiger partial charge >= 0.3 is 6.09 Å². The number of carbonyl (C=O) groups excluding carboxylic acids is 2. The van der Waals surface area contributed by atoms with Gasteiger partial charge in [0.05, 0.1) is 19.7 Å². The maximum atomic E-state index is 14.2. The molecule has 250 valence electrons. The fourth-order valence-electron chi connectivity index (χ4n) is 8.81. The van der Waals surface area contributed by atoms with Crippen LogP contribution in [0.15, 0.2) is 48.5 Å². The molecule has 2 heterocycles. The summed E-state index contributed by atoms with van der Waals surface area (Å²) in [5, 5.41) is 0. The highest BCUT2D eigenvalue weighted by Crippen LogP contribution is 2.53. The van der Waals surface area contributed by atoms with Crippen molar-refractivity contribution < 1.29 is 19.1 Å². The van der Waals surface area contributed by atoms with Crippen molar-refractivity contribution in [1.29, 1.82) is 0 Å². The molecule has 2 aromatic rings. The van der Waals surface area contributed by atoms with E-state index in [-0.39, 0.29) is 29.5 Å². The Hall–Kier alpha value is -3.06. The molecule has 7 heteroatoms. The van der Waals surface area contributed by atoms with Gasteiger partial charge < -0.3 is 19.3 Å². The van der Waals surface area contributed by atoms with E-state index in [1.165, 1.54) is 16.7 Å². The lowest BCUT2D eigenvalue weighted by Crippen LogP contribution is -2.63. The first-order valence-electron chi connectivity index (χ1n) is 17.7. The van der Waals surface area contributed by atoms with Crippen LogP contribution in [0.1, 0.15) is 121 Å². The molecule has 2 saturated heterocycles. The van der Waals surface area contributed by atoms with Crippen LogP contribution in [-0.4, -0.2) is 77.7 Å². The predicted molar refractivity (Wildman–Crippen MR) is 182 cm³/mol. The molecule has 1 atom stereocenters. The Morgan fingerprint density at radius 2 is 1.57 bits per heavy atom. The van der Waals surface area contributed by atoms with E-state index in [0.29, 0.717) is 24.4 Å². The number of ether oxygens (including phenoxy) is 2. The summed E-state index contributed by atoms with van der Waals surface area (Å²) in [6.45, 7) is 13.2. The minimum atomic E-state index is -0.479. The molecular weight excluding hydrogens is 574 g/mol. The molecule has 46 heavy (non-hydrogen) atoms. The van der Waals surface area contributed by atoms with Crippen molar-refractivity contribution in [3.05, 3.63) is 65.2 Å². The van der Waals surface area contributed by atoms with Gasteiger partial charge in [-0.3, -0.25) is 9.69 Å². The average molecular weight is 630 g/mol. The Kier molecular flexibility index (Phi) is 9.44. The SMILES string of the molecule is COc1ccc(C2CCC(N3CC(=O)N(C4CC5(CCN(C(=O)OC(C)(C)C)CC5)C4)C(c4ccccc4C(C)C)C3)CC2)cc1. The summed E-state index contributed by atoms with van der Waals surface area (Å²) in [7, 11) is 1.72. The fraction of sp³-hybridized carbons (Fsp3) is 0.641. The van der Waals surface area contributed by atoms with Gasteiger partial charge in [-0.25, -0.2) is 4.79 Å². The van der Waals surface area contributed by atoms with Crippen LogP contribution < -0.4 is 4.74 Å². The zero-order valence-electron chi connectivity index (χ0n) is 29.0. The minimum Gasteiger partial charge on any atom is -0.497 e. The molecule has 1 spiro atoms. The summed E-state index contributed by atoms with van der Waals surface area (Å²) in [6.07, 6.45) is 8.42. The second kappa shape index (κ2) is 13.2. The van der Waals surface area contributed by atoms with Crippen LogP contribution in [0.4, 0.5) is 4.79 Å². The van der Waals surface area contributed by atoms with Gasteiger partial charge in [0.1, 0.15) is 11.4 Å². The first-order valence-corrected chi connectivity index (χ1v) is 17.7. The second-order valence-electron chi connectivity index (χ2n) is 15.8. The van der Waals surface area contributed by atoms with Crippen LogP contribution >= 0.6 is 0 Å². The van der Waals surface area contributed by atoms with Crippen molar-refractivity contribution in [2.75, 3.05) is 33.3 Å².